The highest BCUT2D eigenvalue weighted by Crippen LogP contribution is 2.50. The van der Waals surface area contributed by atoms with Gasteiger partial charge in [0.2, 0.25) is 5.88 Å². The molecule has 174 valence electrons. The average Bonchev–Trinajstić information content (AvgIpc) is 3.35. The van der Waals surface area contributed by atoms with Crippen LogP contribution in [0.15, 0.2) is 97.3 Å². The summed E-state index contributed by atoms with van der Waals surface area (Å²) in [6.07, 6.45) is 1.66. The van der Waals surface area contributed by atoms with Crippen molar-refractivity contribution in [2.24, 2.45) is 0 Å². The van der Waals surface area contributed by atoms with Gasteiger partial charge < -0.3 is 9.47 Å². The molecular formula is C30H22N4O2. The third-order valence-corrected chi connectivity index (χ3v) is 6.67. The molecule has 0 aliphatic carbocycles. The van der Waals surface area contributed by atoms with Gasteiger partial charge >= 0.3 is 0 Å². The molecule has 1 aliphatic rings. The van der Waals surface area contributed by atoms with Gasteiger partial charge in [0, 0.05) is 11.5 Å². The normalized spacial score (nSPS) is 14.3. The number of hydrogen-bond acceptors (Lipinski definition) is 5. The van der Waals surface area contributed by atoms with Gasteiger partial charge in [0.05, 0.1) is 5.56 Å². The molecular weight excluding hydrogens is 448 g/mol. The second-order valence-electron chi connectivity index (χ2n) is 9.01. The number of rotatable bonds is 4. The fourth-order valence-corrected chi connectivity index (χ4v) is 4.97. The lowest BCUT2D eigenvalue weighted by Crippen LogP contribution is -2.15. The number of aryl methyl sites for hydroxylation is 1. The average molecular weight is 471 g/mol. The van der Waals surface area contributed by atoms with Gasteiger partial charge in [0.25, 0.3) is 0 Å². The molecule has 1 aliphatic heterocycles. The first-order chi connectivity index (χ1) is 17.7. The molecule has 0 bridgehead atoms. The molecule has 6 aromatic rings. The highest BCUT2D eigenvalue weighted by atomic mass is 16.5. The summed E-state index contributed by atoms with van der Waals surface area (Å²) in [5.41, 5.74) is 5.07. The van der Waals surface area contributed by atoms with E-state index in [9.17, 15) is 0 Å². The fourth-order valence-electron chi connectivity index (χ4n) is 4.97. The van der Waals surface area contributed by atoms with Crippen LogP contribution in [0.25, 0.3) is 16.4 Å². The number of fused-ring (bicyclic) bond motifs is 6. The molecule has 0 amide bonds. The lowest BCUT2D eigenvalue weighted by molar-refractivity contribution is 0.296. The highest BCUT2D eigenvalue weighted by Gasteiger charge is 2.34. The minimum Gasteiger partial charge on any atom is -0.486 e. The van der Waals surface area contributed by atoms with Gasteiger partial charge in [-0.15, -0.1) is 5.10 Å². The molecule has 6 nitrogen and oxygen atoms in total. The molecule has 6 heteroatoms. The first kappa shape index (κ1) is 20.6. The Labute approximate surface area is 207 Å². The van der Waals surface area contributed by atoms with Gasteiger partial charge in [-0.2, -0.15) is 0 Å². The van der Waals surface area contributed by atoms with Gasteiger partial charge in [-0.05, 0) is 41.5 Å². The van der Waals surface area contributed by atoms with Crippen LogP contribution in [-0.4, -0.2) is 19.6 Å². The van der Waals surface area contributed by atoms with Crippen LogP contribution >= 0.6 is 0 Å². The molecule has 0 saturated heterocycles. The summed E-state index contributed by atoms with van der Waals surface area (Å²) in [5.74, 6) is 2.63. The Kier molecular flexibility index (Phi) is 4.70. The molecule has 0 saturated carbocycles. The largest absolute Gasteiger partial charge is 0.486 e. The Morgan fingerprint density at radius 2 is 1.67 bits per heavy atom. The number of benzene rings is 4. The summed E-state index contributed by atoms with van der Waals surface area (Å²) < 4.78 is 14.1. The van der Waals surface area contributed by atoms with Crippen LogP contribution in [-0.2, 0) is 6.61 Å². The summed E-state index contributed by atoms with van der Waals surface area (Å²) in [5, 5.41) is 6.98. The van der Waals surface area contributed by atoms with Crippen LogP contribution < -0.4 is 9.47 Å². The van der Waals surface area contributed by atoms with Crippen molar-refractivity contribution in [3.8, 4) is 17.4 Å². The number of aromatic nitrogens is 4. The maximum absolute atomic E-state index is 6.37. The van der Waals surface area contributed by atoms with Gasteiger partial charge in [0.1, 0.15) is 24.4 Å². The standard InChI is InChI=1S/C30H22N4O2/c1-19-11-14-22(15-12-19)35-17-25-32-29-28-26(21-8-3-2-4-9-21)27-23-10-6-5-7-20(23)13-16-24(27)36-30(28)31-18-34(29)33-25/h2-16,18,26H,17H2,1H3/t26-/m0/s1. The number of nitrogens with zero attached hydrogens (tertiary/aromatic N) is 4. The summed E-state index contributed by atoms with van der Waals surface area (Å²) in [6.45, 7) is 2.31. The second kappa shape index (κ2) is 8.20. The molecule has 0 spiro atoms. The van der Waals surface area contributed by atoms with Gasteiger partial charge in [-0.1, -0.05) is 78.4 Å². The lowest BCUT2D eigenvalue weighted by atomic mass is 9.81. The molecule has 4 aromatic carbocycles. The Morgan fingerprint density at radius 3 is 2.53 bits per heavy atom. The molecule has 0 unspecified atom stereocenters. The zero-order valence-corrected chi connectivity index (χ0v) is 19.6. The third kappa shape index (κ3) is 3.38. The second-order valence-corrected chi connectivity index (χ2v) is 9.01. The van der Waals surface area contributed by atoms with Gasteiger partial charge in [-0.3, -0.25) is 0 Å². The summed E-state index contributed by atoms with van der Waals surface area (Å²) in [6, 6.07) is 30.9. The highest BCUT2D eigenvalue weighted by molar-refractivity contribution is 5.90. The van der Waals surface area contributed by atoms with Crippen molar-refractivity contribution < 1.29 is 9.47 Å². The lowest BCUT2D eigenvalue weighted by Gasteiger charge is -2.29. The van der Waals surface area contributed by atoms with Crippen molar-refractivity contribution in [2.45, 2.75) is 19.4 Å². The first-order valence-corrected chi connectivity index (χ1v) is 11.9. The first-order valence-electron chi connectivity index (χ1n) is 11.9. The third-order valence-electron chi connectivity index (χ3n) is 6.67. The Hall–Kier alpha value is -4.71. The van der Waals surface area contributed by atoms with Crippen LogP contribution in [0.4, 0.5) is 0 Å². The van der Waals surface area contributed by atoms with Crippen molar-refractivity contribution in [2.75, 3.05) is 0 Å². The predicted molar refractivity (Wildman–Crippen MR) is 138 cm³/mol. The topological polar surface area (TPSA) is 61.5 Å². The Balaban J connectivity index is 1.39. The van der Waals surface area contributed by atoms with Gasteiger partial charge in [0.15, 0.2) is 11.5 Å². The molecule has 36 heavy (non-hydrogen) atoms. The molecule has 0 N–H and O–H groups in total. The van der Waals surface area contributed by atoms with Crippen LogP contribution in [0, 0.1) is 6.92 Å². The van der Waals surface area contributed by atoms with Crippen molar-refractivity contribution >= 4 is 16.4 Å². The van der Waals surface area contributed by atoms with E-state index in [0.29, 0.717) is 11.7 Å². The van der Waals surface area contributed by atoms with E-state index in [4.69, 9.17) is 14.5 Å². The zero-order valence-electron chi connectivity index (χ0n) is 19.6. The van der Waals surface area contributed by atoms with E-state index in [0.717, 1.165) is 44.6 Å². The number of hydrogen-bond donors (Lipinski definition) is 0. The Bertz CT molecular complexity index is 1730. The number of ether oxygens (including phenoxy) is 2. The van der Waals surface area contributed by atoms with Crippen molar-refractivity contribution in [3.63, 3.8) is 0 Å². The van der Waals surface area contributed by atoms with E-state index in [1.54, 1.807) is 10.8 Å². The van der Waals surface area contributed by atoms with E-state index >= 15 is 0 Å². The van der Waals surface area contributed by atoms with Crippen molar-refractivity contribution in [3.05, 3.63) is 125 Å². The molecule has 2 aromatic heterocycles. The molecule has 1 atom stereocenters. The smallest absolute Gasteiger partial charge is 0.228 e. The van der Waals surface area contributed by atoms with E-state index in [1.807, 2.05) is 36.4 Å². The van der Waals surface area contributed by atoms with Crippen LogP contribution in [0.5, 0.6) is 17.4 Å². The molecule has 3 heterocycles. The summed E-state index contributed by atoms with van der Waals surface area (Å²) in [4.78, 5) is 9.54. The van der Waals surface area contributed by atoms with Crippen molar-refractivity contribution in [1.29, 1.82) is 0 Å². The van der Waals surface area contributed by atoms with Crippen LogP contribution in [0.1, 0.15) is 34.0 Å². The quantitative estimate of drug-likeness (QED) is 0.296. The van der Waals surface area contributed by atoms with Crippen LogP contribution in [0.3, 0.4) is 0 Å². The zero-order chi connectivity index (χ0) is 24.1. The van der Waals surface area contributed by atoms with Gasteiger partial charge in [-0.25, -0.2) is 14.5 Å². The summed E-state index contributed by atoms with van der Waals surface area (Å²) in [7, 11) is 0. The van der Waals surface area contributed by atoms with Crippen LogP contribution in [0.2, 0.25) is 0 Å². The predicted octanol–water partition coefficient (Wildman–Crippen LogP) is 6.45. The summed E-state index contributed by atoms with van der Waals surface area (Å²) >= 11 is 0. The molecule has 0 fully saturated rings. The van der Waals surface area contributed by atoms with E-state index in [-0.39, 0.29) is 12.5 Å². The van der Waals surface area contributed by atoms with E-state index < -0.39 is 0 Å². The van der Waals surface area contributed by atoms with Crippen molar-refractivity contribution in [1.82, 2.24) is 19.6 Å². The minimum atomic E-state index is -0.109. The van der Waals surface area contributed by atoms with E-state index in [2.05, 4.69) is 71.6 Å². The minimum absolute atomic E-state index is 0.109. The Morgan fingerprint density at radius 1 is 0.861 bits per heavy atom. The maximum Gasteiger partial charge on any atom is 0.228 e. The fraction of sp³-hybridized carbons (Fsp3) is 0.100. The molecule has 7 rings (SSSR count). The maximum atomic E-state index is 6.37. The molecule has 0 radical (unpaired) electrons. The monoisotopic (exact) mass is 470 g/mol. The van der Waals surface area contributed by atoms with E-state index in [1.165, 1.54) is 5.56 Å². The SMILES string of the molecule is Cc1ccc(OCc2nc3c4c(ncn3n2)Oc2ccc3ccccc3c2[C@@H]4c2ccccc2)cc1.